The molecule has 4 heteroatoms. The van der Waals surface area contributed by atoms with E-state index in [1.54, 1.807) is 11.9 Å². The Morgan fingerprint density at radius 1 is 1.42 bits per heavy atom. The summed E-state index contributed by atoms with van der Waals surface area (Å²) in [5.74, 6) is -0.0128. The summed E-state index contributed by atoms with van der Waals surface area (Å²) in [6, 6.07) is 5.89. The van der Waals surface area contributed by atoms with Gasteiger partial charge in [-0.25, -0.2) is 0 Å². The lowest BCUT2D eigenvalue weighted by Crippen LogP contribution is -2.42. The monoisotopic (exact) mass is 260 g/mol. The van der Waals surface area contributed by atoms with Crippen molar-refractivity contribution < 1.29 is 9.59 Å². The van der Waals surface area contributed by atoms with Crippen LogP contribution in [0.1, 0.15) is 29.5 Å². The molecule has 1 N–H and O–H groups in total. The van der Waals surface area contributed by atoms with Gasteiger partial charge in [-0.2, -0.15) is 0 Å². The summed E-state index contributed by atoms with van der Waals surface area (Å²) in [5.41, 5.74) is 3.48. The van der Waals surface area contributed by atoms with Crippen LogP contribution in [0.5, 0.6) is 0 Å². The van der Waals surface area contributed by atoms with E-state index in [0.29, 0.717) is 19.4 Å². The zero-order valence-corrected chi connectivity index (χ0v) is 11.7. The van der Waals surface area contributed by atoms with Crippen LogP contribution in [0.25, 0.3) is 0 Å². The number of amides is 2. The lowest BCUT2D eigenvalue weighted by Gasteiger charge is -2.19. The van der Waals surface area contributed by atoms with Crippen molar-refractivity contribution in [3.63, 3.8) is 0 Å². The van der Waals surface area contributed by atoms with Gasteiger partial charge in [-0.05, 0) is 31.4 Å². The average Bonchev–Trinajstić information content (AvgIpc) is 2.71. The smallest absolute Gasteiger partial charge is 0.243 e. The third kappa shape index (κ3) is 2.95. The normalized spacial score (nSPS) is 18.8. The second-order valence-electron chi connectivity index (χ2n) is 5.21. The van der Waals surface area contributed by atoms with Crippen molar-refractivity contribution in [1.82, 2.24) is 10.2 Å². The second-order valence-corrected chi connectivity index (χ2v) is 5.21. The maximum atomic E-state index is 12.1. The molecule has 0 bridgehead atoms. The number of hydrogen-bond donors (Lipinski definition) is 1. The Morgan fingerprint density at radius 2 is 2.16 bits per heavy atom. The van der Waals surface area contributed by atoms with Crippen LogP contribution >= 0.6 is 0 Å². The van der Waals surface area contributed by atoms with E-state index in [9.17, 15) is 9.59 Å². The maximum Gasteiger partial charge on any atom is 0.243 e. The van der Waals surface area contributed by atoms with Gasteiger partial charge in [-0.3, -0.25) is 9.59 Å². The van der Waals surface area contributed by atoms with Gasteiger partial charge in [-0.15, -0.1) is 0 Å². The van der Waals surface area contributed by atoms with E-state index >= 15 is 0 Å². The molecule has 0 radical (unpaired) electrons. The fraction of sp³-hybridized carbons (Fsp3) is 0.467. The SMILES string of the molecule is Cc1ccc(C)c(CNC(=O)C2CCC(=O)N2C)c1. The summed E-state index contributed by atoms with van der Waals surface area (Å²) in [7, 11) is 1.69. The second kappa shape index (κ2) is 5.43. The van der Waals surface area contributed by atoms with E-state index in [0.717, 1.165) is 5.56 Å². The molecule has 1 aromatic rings. The first-order chi connectivity index (χ1) is 8.99. The van der Waals surface area contributed by atoms with Gasteiger partial charge in [0.25, 0.3) is 0 Å². The molecule has 2 amide bonds. The van der Waals surface area contributed by atoms with Crippen LogP contribution in [-0.2, 0) is 16.1 Å². The van der Waals surface area contributed by atoms with Crippen molar-refractivity contribution in [2.75, 3.05) is 7.05 Å². The fourth-order valence-corrected chi connectivity index (χ4v) is 2.40. The largest absolute Gasteiger partial charge is 0.350 e. The molecule has 1 heterocycles. The van der Waals surface area contributed by atoms with Gasteiger partial charge in [0.05, 0.1) is 0 Å². The van der Waals surface area contributed by atoms with Crippen molar-refractivity contribution in [3.05, 3.63) is 34.9 Å². The highest BCUT2D eigenvalue weighted by Gasteiger charge is 2.32. The van der Waals surface area contributed by atoms with Gasteiger partial charge >= 0.3 is 0 Å². The Morgan fingerprint density at radius 3 is 2.79 bits per heavy atom. The number of nitrogens with zero attached hydrogens (tertiary/aromatic N) is 1. The van der Waals surface area contributed by atoms with E-state index in [1.807, 2.05) is 13.8 Å². The van der Waals surface area contributed by atoms with Crippen molar-refractivity contribution in [2.45, 2.75) is 39.3 Å². The molecule has 2 rings (SSSR count). The van der Waals surface area contributed by atoms with Gasteiger partial charge in [0.2, 0.25) is 11.8 Å². The van der Waals surface area contributed by atoms with Crippen LogP contribution in [-0.4, -0.2) is 29.8 Å². The number of carbonyl (C=O) groups excluding carboxylic acids is 2. The lowest BCUT2D eigenvalue weighted by atomic mass is 10.1. The molecule has 1 aromatic carbocycles. The summed E-state index contributed by atoms with van der Waals surface area (Å²) in [6.07, 6.45) is 1.09. The highest BCUT2D eigenvalue weighted by molar-refractivity contribution is 5.90. The first kappa shape index (κ1) is 13.6. The maximum absolute atomic E-state index is 12.1. The van der Waals surface area contributed by atoms with Crippen LogP contribution in [0.3, 0.4) is 0 Å². The summed E-state index contributed by atoms with van der Waals surface area (Å²) < 4.78 is 0. The molecule has 1 atom stereocenters. The number of benzene rings is 1. The van der Waals surface area contributed by atoms with Gasteiger partial charge in [0.1, 0.15) is 6.04 Å². The van der Waals surface area contributed by atoms with Crippen molar-refractivity contribution in [1.29, 1.82) is 0 Å². The molecule has 1 fully saturated rings. The predicted molar refractivity (Wildman–Crippen MR) is 73.6 cm³/mol. The third-order valence-corrected chi connectivity index (χ3v) is 3.75. The van der Waals surface area contributed by atoms with E-state index in [1.165, 1.54) is 11.1 Å². The molecule has 1 saturated heterocycles. The number of nitrogens with one attached hydrogen (secondary N) is 1. The van der Waals surface area contributed by atoms with E-state index < -0.39 is 0 Å². The summed E-state index contributed by atoms with van der Waals surface area (Å²) in [6.45, 7) is 4.59. The molecule has 0 spiro atoms. The van der Waals surface area contributed by atoms with Crippen molar-refractivity contribution in [2.24, 2.45) is 0 Å². The molecular weight excluding hydrogens is 240 g/mol. The minimum absolute atomic E-state index is 0.0480. The molecule has 102 valence electrons. The van der Waals surface area contributed by atoms with Crippen molar-refractivity contribution in [3.8, 4) is 0 Å². The van der Waals surface area contributed by atoms with E-state index in [-0.39, 0.29) is 17.9 Å². The number of hydrogen-bond acceptors (Lipinski definition) is 2. The highest BCUT2D eigenvalue weighted by atomic mass is 16.2. The average molecular weight is 260 g/mol. The Bertz CT molecular complexity index is 511. The van der Waals surface area contributed by atoms with Crippen LogP contribution in [0.2, 0.25) is 0 Å². The van der Waals surface area contributed by atoms with Crippen LogP contribution in [0.4, 0.5) is 0 Å². The van der Waals surface area contributed by atoms with Crippen LogP contribution < -0.4 is 5.32 Å². The Hall–Kier alpha value is -1.84. The molecule has 1 aliphatic heterocycles. The summed E-state index contributed by atoms with van der Waals surface area (Å²) >= 11 is 0. The van der Waals surface area contributed by atoms with Crippen LogP contribution in [0, 0.1) is 13.8 Å². The number of likely N-dealkylation sites (N-methyl/N-ethyl adjacent to an activating group) is 1. The first-order valence-electron chi connectivity index (χ1n) is 6.58. The summed E-state index contributed by atoms with van der Waals surface area (Å²) in [4.78, 5) is 25.0. The standard InChI is InChI=1S/C15H20N2O2/c1-10-4-5-11(2)12(8-10)9-16-15(19)13-6-7-14(18)17(13)3/h4-5,8,13H,6-7,9H2,1-3H3,(H,16,19). The minimum atomic E-state index is -0.308. The van der Waals surface area contributed by atoms with Gasteiger partial charge in [0.15, 0.2) is 0 Å². The highest BCUT2D eigenvalue weighted by Crippen LogP contribution is 2.17. The summed E-state index contributed by atoms with van der Waals surface area (Å²) in [5, 5.41) is 2.93. The number of rotatable bonds is 3. The minimum Gasteiger partial charge on any atom is -0.350 e. The quantitative estimate of drug-likeness (QED) is 0.896. The Labute approximate surface area is 113 Å². The Kier molecular flexibility index (Phi) is 3.88. The zero-order valence-electron chi connectivity index (χ0n) is 11.7. The number of carbonyl (C=O) groups is 2. The molecule has 0 aromatic heterocycles. The third-order valence-electron chi connectivity index (χ3n) is 3.75. The lowest BCUT2D eigenvalue weighted by molar-refractivity contribution is -0.133. The van der Waals surface area contributed by atoms with E-state index in [4.69, 9.17) is 0 Å². The molecule has 4 nitrogen and oxygen atoms in total. The Balaban J connectivity index is 1.97. The molecule has 0 aliphatic carbocycles. The topological polar surface area (TPSA) is 49.4 Å². The molecule has 19 heavy (non-hydrogen) atoms. The fourth-order valence-electron chi connectivity index (χ4n) is 2.40. The number of aryl methyl sites for hydroxylation is 2. The first-order valence-corrected chi connectivity index (χ1v) is 6.58. The molecule has 0 saturated carbocycles. The van der Waals surface area contributed by atoms with Crippen molar-refractivity contribution >= 4 is 11.8 Å². The molecule has 1 unspecified atom stereocenters. The van der Waals surface area contributed by atoms with Gasteiger partial charge in [-0.1, -0.05) is 23.8 Å². The van der Waals surface area contributed by atoms with Gasteiger partial charge in [0, 0.05) is 20.0 Å². The number of likely N-dealkylation sites (tertiary alicyclic amines) is 1. The zero-order chi connectivity index (χ0) is 14.0. The van der Waals surface area contributed by atoms with Gasteiger partial charge < -0.3 is 10.2 Å². The predicted octanol–water partition coefficient (Wildman–Crippen LogP) is 1.54. The van der Waals surface area contributed by atoms with Crippen LogP contribution in [0.15, 0.2) is 18.2 Å². The van der Waals surface area contributed by atoms with E-state index in [2.05, 4.69) is 23.5 Å². The molecular formula is C15H20N2O2. The molecule has 1 aliphatic rings.